The average Bonchev–Trinajstić information content (AvgIpc) is 2.62. The summed E-state index contributed by atoms with van der Waals surface area (Å²) in [6.45, 7) is 0.279. The number of nitrogen functional groups attached to an aromatic ring is 1. The zero-order chi connectivity index (χ0) is 15.8. The van der Waals surface area contributed by atoms with Crippen molar-refractivity contribution in [1.82, 2.24) is 9.55 Å². The molecule has 0 spiro atoms. The lowest BCUT2D eigenvalue weighted by atomic mass is 10.2. The molecule has 1 aromatic carbocycles. The Balaban J connectivity index is 2.31. The Labute approximate surface area is 119 Å². The smallest absolute Gasteiger partial charge is 0.369 e. The molecule has 9 heteroatoms. The molecule has 0 aliphatic rings. The molecule has 0 aliphatic carbocycles. The van der Waals surface area contributed by atoms with Crippen LogP contribution in [0.4, 0.5) is 19.1 Å². The summed E-state index contributed by atoms with van der Waals surface area (Å²) in [6, 6.07) is 3.18. The van der Waals surface area contributed by atoms with Crippen molar-refractivity contribution in [2.24, 2.45) is 0 Å². The lowest BCUT2D eigenvalue weighted by molar-refractivity contribution is -0.137. The van der Waals surface area contributed by atoms with Crippen molar-refractivity contribution in [2.75, 3.05) is 17.7 Å². The Kier molecular flexibility index (Phi) is 3.87. The minimum Gasteiger partial charge on any atom is -0.369 e. The fourth-order valence-electron chi connectivity index (χ4n) is 2.04. The first kappa shape index (κ1) is 15.6. The van der Waals surface area contributed by atoms with Crippen molar-refractivity contribution < 1.29 is 21.6 Å². The van der Waals surface area contributed by atoms with Gasteiger partial charge in [-0.2, -0.15) is 13.2 Å². The largest absolute Gasteiger partial charge is 0.416 e. The molecule has 0 fully saturated rings. The van der Waals surface area contributed by atoms with Crippen LogP contribution >= 0.6 is 0 Å². The third-order valence-corrected chi connectivity index (χ3v) is 4.03. The van der Waals surface area contributed by atoms with Gasteiger partial charge in [0.1, 0.15) is 9.84 Å². The molecule has 0 saturated carbocycles. The fourth-order valence-corrected chi connectivity index (χ4v) is 2.70. The van der Waals surface area contributed by atoms with E-state index in [4.69, 9.17) is 5.73 Å². The highest BCUT2D eigenvalue weighted by atomic mass is 32.2. The van der Waals surface area contributed by atoms with E-state index in [1.165, 1.54) is 10.6 Å². The quantitative estimate of drug-likeness (QED) is 0.935. The number of anilines is 1. The molecule has 5 nitrogen and oxygen atoms in total. The Morgan fingerprint density at radius 2 is 2.00 bits per heavy atom. The van der Waals surface area contributed by atoms with Gasteiger partial charge in [0, 0.05) is 12.8 Å². The summed E-state index contributed by atoms with van der Waals surface area (Å²) in [5, 5.41) is 0. The lowest BCUT2D eigenvalue weighted by Crippen LogP contribution is -2.09. The van der Waals surface area contributed by atoms with E-state index in [1.54, 1.807) is 0 Å². The predicted octanol–water partition coefficient (Wildman–Crippen LogP) is 2.07. The number of rotatable bonds is 4. The highest BCUT2D eigenvalue weighted by Gasteiger charge is 2.31. The molecule has 0 atom stereocenters. The summed E-state index contributed by atoms with van der Waals surface area (Å²) in [5.74, 6) is 0.0463. The number of hydrogen-bond donors (Lipinski definition) is 1. The van der Waals surface area contributed by atoms with Crippen molar-refractivity contribution in [3.63, 3.8) is 0 Å². The SMILES string of the molecule is CS(=O)(=O)CCCn1c(N)nc2cc(C(F)(F)F)ccc21. The maximum absolute atomic E-state index is 12.6. The number of benzene rings is 1. The van der Waals surface area contributed by atoms with Gasteiger partial charge in [-0.15, -0.1) is 0 Å². The van der Waals surface area contributed by atoms with Crippen LogP contribution < -0.4 is 5.73 Å². The summed E-state index contributed by atoms with van der Waals surface area (Å²) >= 11 is 0. The minimum absolute atomic E-state index is 0.0211. The summed E-state index contributed by atoms with van der Waals surface area (Å²) < 4.78 is 61.6. The van der Waals surface area contributed by atoms with Crippen molar-refractivity contribution in [3.05, 3.63) is 23.8 Å². The van der Waals surface area contributed by atoms with E-state index in [0.717, 1.165) is 18.4 Å². The molecule has 0 amide bonds. The zero-order valence-corrected chi connectivity index (χ0v) is 12.0. The second-order valence-corrected chi connectivity index (χ2v) is 7.07. The number of fused-ring (bicyclic) bond motifs is 1. The summed E-state index contributed by atoms with van der Waals surface area (Å²) in [5.41, 5.74) is 5.48. The molecule has 0 aliphatic heterocycles. The van der Waals surface area contributed by atoms with Crippen LogP contribution in [0.2, 0.25) is 0 Å². The average molecular weight is 321 g/mol. The molecule has 21 heavy (non-hydrogen) atoms. The van der Waals surface area contributed by atoms with Crippen molar-refractivity contribution in [2.45, 2.75) is 19.1 Å². The van der Waals surface area contributed by atoms with Crippen LogP contribution in [0.5, 0.6) is 0 Å². The van der Waals surface area contributed by atoms with Gasteiger partial charge < -0.3 is 10.3 Å². The molecule has 0 saturated heterocycles. The van der Waals surface area contributed by atoms with Gasteiger partial charge in [0.15, 0.2) is 0 Å². The summed E-state index contributed by atoms with van der Waals surface area (Å²) in [7, 11) is -3.09. The second kappa shape index (κ2) is 5.21. The fraction of sp³-hybridized carbons (Fsp3) is 0.417. The number of hydrogen-bond acceptors (Lipinski definition) is 4. The van der Waals surface area contributed by atoms with Crippen molar-refractivity contribution in [1.29, 1.82) is 0 Å². The molecule has 1 aromatic heterocycles. The van der Waals surface area contributed by atoms with E-state index < -0.39 is 21.6 Å². The number of aromatic nitrogens is 2. The number of nitrogens with zero attached hydrogens (tertiary/aromatic N) is 2. The van der Waals surface area contributed by atoms with E-state index in [-0.39, 0.29) is 23.8 Å². The van der Waals surface area contributed by atoms with Crippen LogP contribution in [0.3, 0.4) is 0 Å². The molecular weight excluding hydrogens is 307 g/mol. The monoisotopic (exact) mass is 321 g/mol. The highest BCUT2D eigenvalue weighted by Crippen LogP contribution is 2.31. The van der Waals surface area contributed by atoms with Gasteiger partial charge in [0.2, 0.25) is 5.95 Å². The number of sulfone groups is 1. The van der Waals surface area contributed by atoms with Gasteiger partial charge >= 0.3 is 6.18 Å². The van der Waals surface area contributed by atoms with E-state index in [0.29, 0.717) is 11.9 Å². The van der Waals surface area contributed by atoms with Gasteiger partial charge in [-0.1, -0.05) is 0 Å². The van der Waals surface area contributed by atoms with Gasteiger partial charge in [0.25, 0.3) is 0 Å². The molecule has 0 bridgehead atoms. The molecule has 116 valence electrons. The molecular formula is C12H14F3N3O2S. The van der Waals surface area contributed by atoms with Crippen molar-refractivity contribution in [3.8, 4) is 0 Å². The first-order chi connectivity index (χ1) is 9.58. The second-order valence-electron chi connectivity index (χ2n) is 4.81. The third kappa shape index (κ3) is 3.66. The first-order valence-corrected chi connectivity index (χ1v) is 8.15. The Bertz CT molecular complexity index is 766. The predicted molar refractivity (Wildman–Crippen MR) is 73.5 cm³/mol. The van der Waals surface area contributed by atoms with Crippen LogP contribution in [-0.4, -0.2) is 30.0 Å². The zero-order valence-electron chi connectivity index (χ0n) is 11.2. The number of alkyl halides is 3. The van der Waals surface area contributed by atoms with Gasteiger partial charge in [-0.3, -0.25) is 0 Å². The third-order valence-electron chi connectivity index (χ3n) is 3.00. The van der Waals surface area contributed by atoms with Gasteiger partial charge in [-0.05, 0) is 24.6 Å². The maximum Gasteiger partial charge on any atom is 0.416 e. The minimum atomic E-state index is -4.44. The number of aryl methyl sites for hydroxylation is 1. The normalized spacial score (nSPS) is 13.0. The summed E-state index contributed by atoms with van der Waals surface area (Å²) in [4.78, 5) is 3.89. The number of halogens is 3. The van der Waals surface area contributed by atoms with Gasteiger partial charge in [-0.25, -0.2) is 13.4 Å². The van der Waals surface area contributed by atoms with Crippen LogP contribution in [0, 0.1) is 0 Å². The number of imidazole rings is 1. The van der Waals surface area contributed by atoms with Gasteiger partial charge in [0.05, 0.1) is 22.3 Å². The molecule has 1 heterocycles. The Morgan fingerprint density at radius 1 is 1.33 bits per heavy atom. The Hall–Kier alpha value is -1.77. The Morgan fingerprint density at radius 3 is 2.57 bits per heavy atom. The first-order valence-electron chi connectivity index (χ1n) is 6.08. The maximum atomic E-state index is 12.6. The van der Waals surface area contributed by atoms with Crippen molar-refractivity contribution >= 4 is 26.8 Å². The topological polar surface area (TPSA) is 78.0 Å². The molecule has 0 unspecified atom stereocenters. The lowest BCUT2D eigenvalue weighted by Gasteiger charge is -2.08. The number of nitrogens with two attached hydrogens (primary N) is 1. The van der Waals surface area contributed by atoms with E-state index in [2.05, 4.69) is 4.98 Å². The highest BCUT2D eigenvalue weighted by molar-refractivity contribution is 7.90. The van der Waals surface area contributed by atoms with E-state index in [1.807, 2.05) is 0 Å². The van der Waals surface area contributed by atoms with Crippen LogP contribution in [0.25, 0.3) is 11.0 Å². The van der Waals surface area contributed by atoms with E-state index >= 15 is 0 Å². The standard InChI is InChI=1S/C12H14F3N3O2S/c1-21(19,20)6-2-5-18-10-4-3-8(12(13,14)15)7-9(10)17-11(18)16/h3-4,7H,2,5-6H2,1H3,(H2,16,17). The van der Waals surface area contributed by atoms with Crippen LogP contribution in [-0.2, 0) is 22.6 Å². The van der Waals surface area contributed by atoms with E-state index in [9.17, 15) is 21.6 Å². The van der Waals surface area contributed by atoms with Crippen LogP contribution in [0.15, 0.2) is 18.2 Å². The molecule has 2 aromatic rings. The molecule has 2 rings (SSSR count). The van der Waals surface area contributed by atoms with Crippen LogP contribution in [0.1, 0.15) is 12.0 Å². The molecule has 2 N–H and O–H groups in total. The molecule has 0 radical (unpaired) electrons. The summed E-state index contributed by atoms with van der Waals surface area (Å²) in [6.07, 6.45) is -3.00.